The molecule has 7 heteroatoms. The molecule has 0 aliphatic heterocycles. The number of aromatic nitrogens is 1. The fourth-order valence-electron chi connectivity index (χ4n) is 1.06. The van der Waals surface area contributed by atoms with E-state index < -0.39 is 11.9 Å². The van der Waals surface area contributed by atoms with Crippen LogP contribution in [0.5, 0.6) is 0 Å². The van der Waals surface area contributed by atoms with E-state index in [1.165, 1.54) is 0 Å². The quantitative estimate of drug-likeness (QED) is 0.415. The highest BCUT2D eigenvalue weighted by Gasteiger charge is 1.97. The molecule has 3 N–H and O–H groups in total. The normalized spacial score (nSPS) is 9.33. The summed E-state index contributed by atoms with van der Waals surface area (Å²) in [6, 6.07) is 5.81. The van der Waals surface area contributed by atoms with Crippen molar-refractivity contribution < 1.29 is 19.8 Å². The number of hydrogen-bond acceptors (Lipinski definition) is 4. The zero-order valence-electron chi connectivity index (χ0n) is 11.2. The van der Waals surface area contributed by atoms with Crippen molar-refractivity contribution in [2.24, 2.45) is 0 Å². The van der Waals surface area contributed by atoms with Crippen LogP contribution in [0.2, 0.25) is 0 Å². The zero-order chi connectivity index (χ0) is 16.1. The summed E-state index contributed by atoms with van der Waals surface area (Å²) in [5, 5.41) is 18.7. The topological polar surface area (TPSA) is 99.5 Å². The average Bonchev–Trinajstić information content (AvgIpc) is 2.45. The molecule has 0 amide bonds. The van der Waals surface area contributed by atoms with E-state index in [-0.39, 0.29) is 0 Å². The number of thiocarbonyl (C=S) groups is 1. The van der Waals surface area contributed by atoms with E-state index in [1.807, 2.05) is 18.2 Å². The monoisotopic (exact) mass is 308 g/mol. The van der Waals surface area contributed by atoms with Gasteiger partial charge in [0.2, 0.25) is 0 Å². The first kappa shape index (κ1) is 18.5. The molecule has 0 aromatic carbocycles. The SMILES string of the molecule is C=CCNC(=S)Cc1ccccn1.O=C(O)C=CC(=O)O. The highest BCUT2D eigenvalue weighted by atomic mass is 32.1. The molecule has 0 unspecified atom stereocenters. The minimum Gasteiger partial charge on any atom is -0.478 e. The van der Waals surface area contributed by atoms with Crippen molar-refractivity contribution in [3.8, 4) is 0 Å². The second-order valence-electron chi connectivity index (χ2n) is 3.60. The number of pyridine rings is 1. The van der Waals surface area contributed by atoms with Gasteiger partial charge in [-0.2, -0.15) is 0 Å². The summed E-state index contributed by atoms with van der Waals surface area (Å²) in [4.78, 5) is 24.1. The lowest BCUT2D eigenvalue weighted by Crippen LogP contribution is -2.23. The Kier molecular flexibility index (Phi) is 9.93. The third-order valence-electron chi connectivity index (χ3n) is 1.88. The van der Waals surface area contributed by atoms with Crippen molar-refractivity contribution in [3.63, 3.8) is 0 Å². The molecular formula is C14H16N2O4S. The molecule has 112 valence electrons. The molecule has 0 fully saturated rings. The van der Waals surface area contributed by atoms with Crippen LogP contribution in [0, 0.1) is 0 Å². The van der Waals surface area contributed by atoms with Gasteiger partial charge in [-0.3, -0.25) is 4.98 Å². The second-order valence-corrected chi connectivity index (χ2v) is 4.09. The first-order valence-corrected chi connectivity index (χ1v) is 6.28. The van der Waals surface area contributed by atoms with E-state index >= 15 is 0 Å². The molecule has 0 aliphatic rings. The first-order chi connectivity index (χ1) is 9.95. The molecule has 1 aromatic heterocycles. The minimum absolute atomic E-state index is 0.558. The Labute approximate surface area is 127 Å². The Morgan fingerprint density at radius 3 is 2.33 bits per heavy atom. The van der Waals surface area contributed by atoms with E-state index in [1.54, 1.807) is 12.3 Å². The van der Waals surface area contributed by atoms with Crippen molar-refractivity contribution in [1.82, 2.24) is 10.3 Å². The predicted molar refractivity (Wildman–Crippen MR) is 83.2 cm³/mol. The maximum absolute atomic E-state index is 9.55. The van der Waals surface area contributed by atoms with Gasteiger partial charge in [0.05, 0.1) is 4.99 Å². The van der Waals surface area contributed by atoms with Crippen molar-refractivity contribution in [2.75, 3.05) is 6.54 Å². The molecule has 1 aromatic rings. The molecule has 0 saturated carbocycles. The Bertz CT molecular complexity index is 499. The fraction of sp³-hybridized carbons (Fsp3) is 0.143. The molecule has 0 spiro atoms. The van der Waals surface area contributed by atoms with Gasteiger partial charge in [0, 0.05) is 37.0 Å². The van der Waals surface area contributed by atoms with Crippen LogP contribution < -0.4 is 5.32 Å². The van der Waals surface area contributed by atoms with Gasteiger partial charge in [0.1, 0.15) is 0 Å². The van der Waals surface area contributed by atoms with Crippen LogP contribution >= 0.6 is 12.2 Å². The number of carboxylic acids is 2. The number of carboxylic acid groups (broad SMARTS) is 2. The van der Waals surface area contributed by atoms with Crippen molar-refractivity contribution >= 4 is 29.1 Å². The number of rotatable bonds is 6. The van der Waals surface area contributed by atoms with Crippen LogP contribution in [0.1, 0.15) is 5.69 Å². The molecule has 0 radical (unpaired) electrons. The van der Waals surface area contributed by atoms with Gasteiger partial charge >= 0.3 is 11.9 Å². The maximum atomic E-state index is 9.55. The molecule has 0 saturated heterocycles. The van der Waals surface area contributed by atoms with E-state index in [2.05, 4.69) is 16.9 Å². The van der Waals surface area contributed by atoms with Crippen LogP contribution in [-0.2, 0) is 16.0 Å². The van der Waals surface area contributed by atoms with Gasteiger partial charge in [0.15, 0.2) is 0 Å². The standard InChI is InChI=1S/C10H12N2S.C4H4O4/c1-2-6-12-10(13)8-9-5-3-4-7-11-9;5-3(6)1-2-4(7)8/h2-5,7H,1,6,8H2,(H,12,13);1-2H,(H,5,6)(H,7,8). The Morgan fingerprint density at radius 1 is 1.29 bits per heavy atom. The second kappa shape index (κ2) is 11.3. The summed E-state index contributed by atoms with van der Waals surface area (Å²) in [5.74, 6) is -2.51. The van der Waals surface area contributed by atoms with Gasteiger partial charge in [-0.15, -0.1) is 6.58 Å². The van der Waals surface area contributed by atoms with Crippen LogP contribution in [-0.4, -0.2) is 38.7 Å². The van der Waals surface area contributed by atoms with Gasteiger partial charge in [-0.1, -0.05) is 24.4 Å². The maximum Gasteiger partial charge on any atom is 0.328 e. The number of nitrogens with one attached hydrogen (secondary N) is 1. The first-order valence-electron chi connectivity index (χ1n) is 5.87. The zero-order valence-corrected chi connectivity index (χ0v) is 12.0. The Balaban J connectivity index is 0.000000433. The molecule has 6 nitrogen and oxygen atoms in total. The lowest BCUT2D eigenvalue weighted by Gasteiger charge is -2.03. The van der Waals surface area contributed by atoms with E-state index in [0.29, 0.717) is 25.1 Å². The highest BCUT2D eigenvalue weighted by Crippen LogP contribution is 1.95. The fourth-order valence-corrected chi connectivity index (χ4v) is 1.29. The third-order valence-corrected chi connectivity index (χ3v) is 2.17. The summed E-state index contributed by atoms with van der Waals surface area (Å²) < 4.78 is 0. The molecule has 0 aliphatic carbocycles. The van der Waals surface area contributed by atoms with E-state index in [4.69, 9.17) is 22.4 Å². The number of carbonyl (C=O) groups is 2. The van der Waals surface area contributed by atoms with Crippen LogP contribution in [0.3, 0.4) is 0 Å². The molecule has 21 heavy (non-hydrogen) atoms. The summed E-state index contributed by atoms with van der Waals surface area (Å²) in [7, 11) is 0. The summed E-state index contributed by atoms with van der Waals surface area (Å²) in [6.07, 6.45) is 5.37. The average molecular weight is 308 g/mol. The van der Waals surface area contributed by atoms with Gasteiger partial charge in [-0.05, 0) is 12.1 Å². The van der Waals surface area contributed by atoms with Crippen LogP contribution in [0.15, 0.2) is 49.2 Å². The highest BCUT2D eigenvalue weighted by molar-refractivity contribution is 7.80. The molecule has 0 bridgehead atoms. The number of aliphatic carboxylic acids is 2. The number of hydrogen-bond donors (Lipinski definition) is 3. The number of nitrogens with zero attached hydrogens (tertiary/aromatic N) is 1. The van der Waals surface area contributed by atoms with Gasteiger partial charge < -0.3 is 15.5 Å². The lowest BCUT2D eigenvalue weighted by atomic mass is 10.3. The third kappa shape index (κ3) is 12.2. The summed E-state index contributed by atoms with van der Waals surface area (Å²) >= 11 is 5.10. The van der Waals surface area contributed by atoms with Gasteiger partial charge in [-0.25, -0.2) is 9.59 Å². The minimum atomic E-state index is -1.26. The largest absolute Gasteiger partial charge is 0.478 e. The van der Waals surface area contributed by atoms with Gasteiger partial charge in [0.25, 0.3) is 0 Å². The van der Waals surface area contributed by atoms with Crippen LogP contribution in [0.25, 0.3) is 0 Å². The predicted octanol–water partition coefficient (Wildman–Crippen LogP) is 1.44. The van der Waals surface area contributed by atoms with E-state index in [0.717, 1.165) is 10.7 Å². The van der Waals surface area contributed by atoms with Crippen molar-refractivity contribution in [2.45, 2.75) is 6.42 Å². The molecule has 1 heterocycles. The smallest absolute Gasteiger partial charge is 0.328 e. The Morgan fingerprint density at radius 2 is 1.90 bits per heavy atom. The summed E-state index contributed by atoms with van der Waals surface area (Å²) in [6.45, 7) is 4.32. The molecule has 0 atom stereocenters. The van der Waals surface area contributed by atoms with Crippen molar-refractivity contribution in [3.05, 3.63) is 54.9 Å². The van der Waals surface area contributed by atoms with Crippen LogP contribution in [0.4, 0.5) is 0 Å². The van der Waals surface area contributed by atoms with Crippen molar-refractivity contribution in [1.29, 1.82) is 0 Å². The summed E-state index contributed by atoms with van der Waals surface area (Å²) in [5.41, 5.74) is 0.990. The molecule has 1 rings (SSSR count). The lowest BCUT2D eigenvalue weighted by molar-refractivity contribution is -0.134. The molecular weight excluding hydrogens is 292 g/mol. The van der Waals surface area contributed by atoms with E-state index in [9.17, 15) is 9.59 Å². The Hall–Kier alpha value is -2.54.